The molecular weight excluding hydrogens is 258 g/mol. The van der Waals surface area contributed by atoms with Crippen LogP contribution in [-0.2, 0) is 12.8 Å². The van der Waals surface area contributed by atoms with Gasteiger partial charge in [-0.2, -0.15) is 0 Å². The molecule has 1 heterocycles. The van der Waals surface area contributed by atoms with E-state index in [2.05, 4.69) is 22.5 Å². The van der Waals surface area contributed by atoms with Gasteiger partial charge in [-0.25, -0.2) is 4.98 Å². The highest BCUT2D eigenvalue weighted by atomic mass is 35.5. The zero-order valence-electron chi connectivity index (χ0n) is 11.4. The number of halogens is 1. The number of aromatic nitrogens is 2. The van der Waals surface area contributed by atoms with E-state index in [1.807, 2.05) is 31.5 Å². The molecule has 0 amide bonds. The van der Waals surface area contributed by atoms with Crippen molar-refractivity contribution >= 4 is 11.6 Å². The Labute approximate surface area is 119 Å². The third-order valence-corrected chi connectivity index (χ3v) is 3.35. The van der Waals surface area contributed by atoms with Crippen LogP contribution < -0.4 is 5.73 Å². The highest BCUT2D eigenvalue weighted by Crippen LogP contribution is 2.26. The molecule has 102 valence electrons. The average Bonchev–Trinajstić information content (AvgIpc) is 2.77. The molecule has 0 saturated heterocycles. The van der Waals surface area contributed by atoms with E-state index < -0.39 is 0 Å². The van der Waals surface area contributed by atoms with Crippen molar-refractivity contribution in [3.63, 3.8) is 0 Å². The first-order chi connectivity index (χ1) is 9.13. The Morgan fingerprint density at radius 1 is 1.42 bits per heavy atom. The summed E-state index contributed by atoms with van der Waals surface area (Å²) in [7, 11) is 0. The van der Waals surface area contributed by atoms with Crippen LogP contribution in [0.25, 0.3) is 5.69 Å². The molecule has 0 aliphatic rings. The summed E-state index contributed by atoms with van der Waals surface area (Å²) in [4.78, 5) is 4.42. The van der Waals surface area contributed by atoms with Crippen LogP contribution in [-0.4, -0.2) is 15.6 Å². The Kier molecular flexibility index (Phi) is 4.61. The molecule has 0 radical (unpaired) electrons. The number of benzene rings is 1. The van der Waals surface area contributed by atoms with Crippen LogP contribution >= 0.6 is 11.6 Å². The van der Waals surface area contributed by atoms with Crippen molar-refractivity contribution in [1.82, 2.24) is 9.55 Å². The molecule has 0 bridgehead atoms. The van der Waals surface area contributed by atoms with E-state index in [9.17, 15) is 0 Å². The monoisotopic (exact) mass is 277 g/mol. The van der Waals surface area contributed by atoms with Crippen molar-refractivity contribution < 1.29 is 0 Å². The predicted molar refractivity (Wildman–Crippen MR) is 79.9 cm³/mol. The van der Waals surface area contributed by atoms with Crippen molar-refractivity contribution in [2.45, 2.75) is 39.2 Å². The molecule has 3 nitrogen and oxygen atoms in total. The lowest BCUT2D eigenvalue weighted by atomic mass is 10.1. The van der Waals surface area contributed by atoms with Crippen LogP contribution in [0, 0.1) is 0 Å². The summed E-state index contributed by atoms with van der Waals surface area (Å²) in [6.45, 7) is 4.15. The van der Waals surface area contributed by atoms with Gasteiger partial charge in [0.05, 0.1) is 10.7 Å². The maximum Gasteiger partial charge on any atom is 0.113 e. The number of nitrogens with zero attached hydrogens (tertiary/aromatic N) is 2. The Morgan fingerprint density at radius 2 is 2.21 bits per heavy atom. The second-order valence-electron chi connectivity index (χ2n) is 4.89. The van der Waals surface area contributed by atoms with Crippen molar-refractivity contribution in [1.29, 1.82) is 0 Å². The quantitative estimate of drug-likeness (QED) is 0.911. The molecule has 4 heteroatoms. The first-order valence-corrected chi connectivity index (χ1v) is 7.06. The topological polar surface area (TPSA) is 43.8 Å². The molecule has 0 aliphatic heterocycles. The molecule has 1 aromatic carbocycles. The number of para-hydroxylation sites is 1. The Bertz CT molecular complexity index is 546. The Balaban J connectivity index is 2.50. The molecule has 2 aromatic rings. The van der Waals surface area contributed by atoms with E-state index in [1.165, 1.54) is 0 Å². The van der Waals surface area contributed by atoms with Gasteiger partial charge in [-0.05, 0) is 31.4 Å². The van der Waals surface area contributed by atoms with Gasteiger partial charge in [-0.15, -0.1) is 0 Å². The van der Waals surface area contributed by atoms with Gasteiger partial charge >= 0.3 is 0 Å². The number of rotatable bonds is 5. The molecule has 2 N–H and O–H groups in total. The summed E-state index contributed by atoms with van der Waals surface area (Å²) in [6, 6.07) is 6.08. The maximum atomic E-state index is 6.39. The van der Waals surface area contributed by atoms with E-state index >= 15 is 0 Å². The number of hydrogen-bond donors (Lipinski definition) is 1. The molecule has 1 unspecified atom stereocenters. The Morgan fingerprint density at radius 3 is 2.89 bits per heavy atom. The summed E-state index contributed by atoms with van der Waals surface area (Å²) in [5, 5.41) is 0.744. The van der Waals surface area contributed by atoms with Crippen molar-refractivity contribution in [2.24, 2.45) is 5.73 Å². The SMILES string of the molecule is CCCc1nccn1-c1c(Cl)cccc1CC(C)N. The minimum Gasteiger partial charge on any atom is -0.328 e. The molecule has 0 spiro atoms. The van der Waals surface area contributed by atoms with E-state index in [0.717, 1.165) is 41.4 Å². The minimum absolute atomic E-state index is 0.107. The fourth-order valence-corrected chi connectivity index (χ4v) is 2.57. The fraction of sp³-hybridized carbons (Fsp3) is 0.400. The average molecular weight is 278 g/mol. The molecular formula is C15H20ClN3. The zero-order valence-corrected chi connectivity index (χ0v) is 12.2. The second kappa shape index (κ2) is 6.22. The maximum absolute atomic E-state index is 6.39. The second-order valence-corrected chi connectivity index (χ2v) is 5.30. The van der Waals surface area contributed by atoms with E-state index in [-0.39, 0.29) is 6.04 Å². The van der Waals surface area contributed by atoms with Crippen LogP contribution in [0.15, 0.2) is 30.6 Å². The normalized spacial score (nSPS) is 12.6. The third kappa shape index (κ3) is 3.17. The summed E-state index contributed by atoms with van der Waals surface area (Å²) in [6.07, 6.45) is 6.60. The van der Waals surface area contributed by atoms with Crippen molar-refractivity contribution in [3.05, 3.63) is 47.0 Å². The van der Waals surface area contributed by atoms with Gasteiger partial charge in [0.1, 0.15) is 5.82 Å². The number of hydrogen-bond acceptors (Lipinski definition) is 2. The largest absolute Gasteiger partial charge is 0.328 e. The van der Waals surface area contributed by atoms with Gasteiger partial charge in [0, 0.05) is 24.9 Å². The number of aryl methyl sites for hydroxylation is 1. The van der Waals surface area contributed by atoms with Gasteiger partial charge in [0.2, 0.25) is 0 Å². The first-order valence-electron chi connectivity index (χ1n) is 6.69. The zero-order chi connectivity index (χ0) is 13.8. The van der Waals surface area contributed by atoms with E-state index in [4.69, 9.17) is 17.3 Å². The summed E-state index contributed by atoms with van der Waals surface area (Å²) >= 11 is 6.39. The van der Waals surface area contributed by atoms with Crippen LogP contribution in [0.2, 0.25) is 5.02 Å². The standard InChI is InChI=1S/C15H20ClN3/c1-3-5-14-18-8-9-19(14)15-12(10-11(2)17)6-4-7-13(15)16/h4,6-9,11H,3,5,10,17H2,1-2H3. The Hall–Kier alpha value is -1.32. The van der Waals surface area contributed by atoms with Crippen molar-refractivity contribution in [3.8, 4) is 5.69 Å². The predicted octanol–water partition coefficient (Wildman–Crippen LogP) is 3.37. The highest BCUT2D eigenvalue weighted by molar-refractivity contribution is 6.32. The molecule has 0 saturated carbocycles. The van der Waals surface area contributed by atoms with Crippen LogP contribution in [0.1, 0.15) is 31.7 Å². The van der Waals surface area contributed by atoms with E-state index in [1.54, 1.807) is 0 Å². The van der Waals surface area contributed by atoms with Crippen LogP contribution in [0.4, 0.5) is 0 Å². The third-order valence-electron chi connectivity index (χ3n) is 3.04. The lowest BCUT2D eigenvalue weighted by Gasteiger charge is -2.16. The van der Waals surface area contributed by atoms with Crippen LogP contribution in [0.3, 0.4) is 0 Å². The van der Waals surface area contributed by atoms with Gasteiger partial charge in [-0.1, -0.05) is 30.7 Å². The molecule has 1 aromatic heterocycles. The number of imidazole rings is 1. The van der Waals surface area contributed by atoms with Gasteiger partial charge in [0.25, 0.3) is 0 Å². The summed E-state index contributed by atoms with van der Waals surface area (Å²) < 4.78 is 2.09. The molecule has 0 aliphatic carbocycles. The smallest absolute Gasteiger partial charge is 0.113 e. The molecule has 1 atom stereocenters. The summed E-state index contributed by atoms with van der Waals surface area (Å²) in [5.74, 6) is 1.04. The number of nitrogens with two attached hydrogens (primary N) is 1. The van der Waals surface area contributed by atoms with E-state index in [0.29, 0.717) is 0 Å². The minimum atomic E-state index is 0.107. The lowest BCUT2D eigenvalue weighted by Crippen LogP contribution is -2.19. The van der Waals surface area contributed by atoms with Gasteiger partial charge in [-0.3, -0.25) is 0 Å². The molecule has 2 rings (SSSR count). The highest BCUT2D eigenvalue weighted by Gasteiger charge is 2.13. The summed E-state index contributed by atoms with van der Waals surface area (Å²) in [5.41, 5.74) is 8.11. The lowest BCUT2D eigenvalue weighted by molar-refractivity contribution is 0.728. The molecule has 0 fully saturated rings. The van der Waals surface area contributed by atoms with Crippen molar-refractivity contribution in [2.75, 3.05) is 0 Å². The van der Waals surface area contributed by atoms with Gasteiger partial charge in [0.15, 0.2) is 0 Å². The van der Waals surface area contributed by atoms with Gasteiger partial charge < -0.3 is 10.3 Å². The first kappa shape index (κ1) is 14.1. The molecule has 19 heavy (non-hydrogen) atoms. The fourth-order valence-electron chi connectivity index (χ4n) is 2.29. The van der Waals surface area contributed by atoms with Crippen LogP contribution in [0.5, 0.6) is 0 Å².